The Morgan fingerprint density at radius 1 is 1.21 bits per heavy atom. The van der Waals surface area contributed by atoms with Crippen molar-refractivity contribution >= 4 is 40.7 Å². The van der Waals surface area contributed by atoms with Crippen molar-refractivity contribution in [2.45, 2.75) is 33.4 Å². The maximum absolute atomic E-state index is 12.2. The van der Waals surface area contributed by atoms with Crippen molar-refractivity contribution in [1.82, 2.24) is 15.1 Å². The fourth-order valence-electron chi connectivity index (χ4n) is 2.73. The molecule has 0 fully saturated rings. The van der Waals surface area contributed by atoms with Gasteiger partial charge in [-0.05, 0) is 50.6 Å². The number of hydrogen-bond donors (Lipinski definition) is 1. The Bertz CT molecular complexity index is 1010. The predicted molar refractivity (Wildman–Crippen MR) is 113 cm³/mol. The minimum Gasteiger partial charge on any atom is -0.484 e. The Kier molecular flexibility index (Phi) is 7.11. The molecule has 154 valence electrons. The number of carbonyl (C=O) groups excluding carboxylic acids is 1. The van der Waals surface area contributed by atoms with Crippen LogP contribution >= 0.6 is 34.8 Å². The SMILES string of the molecule is Cc1nn(CCCNC(=O)c2ccc(COc3ccc(Cl)cc3Cl)o2)c(C)c1Cl. The second kappa shape index (κ2) is 9.57. The maximum atomic E-state index is 12.2. The van der Waals surface area contributed by atoms with Crippen LogP contribution in [0, 0.1) is 13.8 Å². The maximum Gasteiger partial charge on any atom is 0.286 e. The number of rotatable bonds is 8. The monoisotopic (exact) mass is 455 g/mol. The molecule has 0 spiro atoms. The third-order valence-electron chi connectivity index (χ3n) is 4.27. The van der Waals surface area contributed by atoms with E-state index in [0.717, 1.165) is 17.8 Å². The number of nitrogens with zero attached hydrogens (tertiary/aromatic N) is 2. The highest BCUT2D eigenvalue weighted by Gasteiger charge is 2.13. The standard InChI is InChI=1S/C20H20Cl3N3O3/c1-12-19(23)13(2)26(25-12)9-3-8-24-20(27)18-7-5-15(29-18)11-28-17-6-4-14(21)10-16(17)22/h4-7,10H,3,8-9,11H2,1-2H3,(H,24,27). The molecule has 0 bridgehead atoms. The summed E-state index contributed by atoms with van der Waals surface area (Å²) in [5.41, 5.74) is 1.73. The van der Waals surface area contributed by atoms with Crippen LogP contribution in [0.25, 0.3) is 0 Å². The first-order chi connectivity index (χ1) is 13.8. The Morgan fingerprint density at radius 3 is 2.69 bits per heavy atom. The van der Waals surface area contributed by atoms with Crippen molar-refractivity contribution in [3.8, 4) is 5.75 Å². The van der Waals surface area contributed by atoms with E-state index in [2.05, 4.69) is 10.4 Å². The number of halogens is 3. The molecule has 29 heavy (non-hydrogen) atoms. The van der Waals surface area contributed by atoms with Gasteiger partial charge in [0, 0.05) is 18.1 Å². The van der Waals surface area contributed by atoms with Gasteiger partial charge in [-0.3, -0.25) is 9.48 Å². The lowest BCUT2D eigenvalue weighted by molar-refractivity contribution is 0.0920. The number of aryl methyl sites for hydroxylation is 2. The number of nitrogens with one attached hydrogen (secondary N) is 1. The van der Waals surface area contributed by atoms with Crippen LogP contribution < -0.4 is 10.1 Å². The van der Waals surface area contributed by atoms with E-state index in [4.69, 9.17) is 44.0 Å². The Labute approximate surface area is 183 Å². The molecule has 3 aromatic rings. The van der Waals surface area contributed by atoms with Gasteiger partial charge < -0.3 is 14.5 Å². The minimum atomic E-state index is -0.285. The van der Waals surface area contributed by atoms with Crippen LogP contribution in [0.1, 0.15) is 34.1 Å². The molecule has 0 aliphatic heterocycles. The lowest BCUT2D eigenvalue weighted by atomic mass is 10.3. The molecule has 0 radical (unpaired) electrons. The van der Waals surface area contributed by atoms with Gasteiger partial charge in [-0.1, -0.05) is 34.8 Å². The zero-order chi connectivity index (χ0) is 21.0. The normalized spacial score (nSPS) is 10.9. The summed E-state index contributed by atoms with van der Waals surface area (Å²) in [6.45, 7) is 5.09. The number of amides is 1. The van der Waals surface area contributed by atoms with Crippen molar-refractivity contribution in [2.24, 2.45) is 0 Å². The molecular weight excluding hydrogens is 437 g/mol. The summed E-state index contributed by atoms with van der Waals surface area (Å²) in [5, 5.41) is 8.81. The molecule has 9 heteroatoms. The Balaban J connectivity index is 1.45. The molecule has 1 amide bonds. The fourth-order valence-corrected chi connectivity index (χ4v) is 3.33. The smallest absolute Gasteiger partial charge is 0.286 e. The first-order valence-corrected chi connectivity index (χ1v) is 10.1. The number of benzene rings is 1. The van der Waals surface area contributed by atoms with Gasteiger partial charge in [-0.2, -0.15) is 5.10 Å². The average molecular weight is 457 g/mol. The third kappa shape index (κ3) is 5.47. The summed E-state index contributed by atoms with van der Waals surface area (Å²) in [6, 6.07) is 8.26. The van der Waals surface area contributed by atoms with Gasteiger partial charge in [0.2, 0.25) is 0 Å². The van der Waals surface area contributed by atoms with Gasteiger partial charge in [0.25, 0.3) is 5.91 Å². The summed E-state index contributed by atoms with van der Waals surface area (Å²) in [7, 11) is 0. The number of aromatic nitrogens is 2. The van der Waals surface area contributed by atoms with Gasteiger partial charge >= 0.3 is 0 Å². The molecule has 1 aromatic carbocycles. The molecule has 0 saturated carbocycles. The summed E-state index contributed by atoms with van der Waals surface area (Å²) in [5.74, 6) is 0.938. The van der Waals surface area contributed by atoms with Crippen molar-refractivity contribution in [3.05, 3.63) is 68.3 Å². The highest BCUT2D eigenvalue weighted by atomic mass is 35.5. The predicted octanol–water partition coefficient (Wildman–Crippen LogP) is 5.45. The molecule has 0 unspecified atom stereocenters. The minimum absolute atomic E-state index is 0.146. The highest BCUT2D eigenvalue weighted by molar-refractivity contribution is 6.35. The molecule has 2 aromatic heterocycles. The second-order valence-electron chi connectivity index (χ2n) is 6.45. The van der Waals surface area contributed by atoms with E-state index < -0.39 is 0 Å². The Hall–Kier alpha value is -2.15. The number of carbonyl (C=O) groups is 1. The highest BCUT2D eigenvalue weighted by Crippen LogP contribution is 2.28. The Morgan fingerprint density at radius 2 is 2.00 bits per heavy atom. The van der Waals surface area contributed by atoms with E-state index in [1.54, 1.807) is 30.3 Å². The lowest BCUT2D eigenvalue weighted by Gasteiger charge is -2.07. The molecule has 0 aliphatic carbocycles. The molecule has 3 rings (SSSR count). The van der Waals surface area contributed by atoms with Gasteiger partial charge in [0.1, 0.15) is 18.1 Å². The van der Waals surface area contributed by atoms with Crippen LogP contribution in [0.3, 0.4) is 0 Å². The van der Waals surface area contributed by atoms with E-state index in [1.807, 2.05) is 18.5 Å². The average Bonchev–Trinajstić information content (AvgIpc) is 3.25. The van der Waals surface area contributed by atoms with Crippen molar-refractivity contribution in [1.29, 1.82) is 0 Å². The molecular formula is C20H20Cl3N3O3. The first-order valence-electron chi connectivity index (χ1n) is 8.99. The second-order valence-corrected chi connectivity index (χ2v) is 7.67. The third-order valence-corrected chi connectivity index (χ3v) is 5.35. The van der Waals surface area contributed by atoms with Gasteiger partial charge in [0.05, 0.1) is 21.4 Å². The molecule has 1 N–H and O–H groups in total. The largest absolute Gasteiger partial charge is 0.484 e. The van der Waals surface area contributed by atoms with Crippen LogP contribution in [-0.2, 0) is 13.2 Å². The topological polar surface area (TPSA) is 69.3 Å². The summed E-state index contributed by atoms with van der Waals surface area (Å²) < 4.78 is 13.0. The number of furan rings is 1. The first kappa shape index (κ1) is 21.6. The molecule has 0 saturated heterocycles. The van der Waals surface area contributed by atoms with Crippen LogP contribution in [-0.4, -0.2) is 22.2 Å². The zero-order valence-corrected chi connectivity index (χ0v) is 18.2. The molecule has 2 heterocycles. The summed E-state index contributed by atoms with van der Waals surface area (Å²) in [4.78, 5) is 12.2. The van der Waals surface area contributed by atoms with Gasteiger partial charge in [-0.25, -0.2) is 0 Å². The van der Waals surface area contributed by atoms with E-state index in [0.29, 0.717) is 39.7 Å². The van der Waals surface area contributed by atoms with Crippen LogP contribution in [0.2, 0.25) is 15.1 Å². The molecule has 0 aliphatic rings. The zero-order valence-electron chi connectivity index (χ0n) is 16.0. The lowest BCUT2D eigenvalue weighted by Crippen LogP contribution is -2.25. The van der Waals surface area contributed by atoms with Gasteiger partial charge in [0.15, 0.2) is 5.76 Å². The molecule has 0 atom stereocenters. The van der Waals surface area contributed by atoms with E-state index in [1.165, 1.54) is 0 Å². The van der Waals surface area contributed by atoms with E-state index in [-0.39, 0.29) is 18.3 Å². The van der Waals surface area contributed by atoms with E-state index >= 15 is 0 Å². The molecule has 6 nitrogen and oxygen atoms in total. The number of ether oxygens (including phenoxy) is 1. The summed E-state index contributed by atoms with van der Waals surface area (Å²) >= 11 is 18.1. The fraction of sp³-hybridized carbons (Fsp3) is 0.300. The van der Waals surface area contributed by atoms with Gasteiger partial charge in [-0.15, -0.1) is 0 Å². The quantitative estimate of drug-likeness (QED) is 0.457. The van der Waals surface area contributed by atoms with Crippen LogP contribution in [0.15, 0.2) is 34.7 Å². The summed E-state index contributed by atoms with van der Waals surface area (Å²) in [6.07, 6.45) is 0.718. The number of hydrogen-bond acceptors (Lipinski definition) is 4. The van der Waals surface area contributed by atoms with Crippen LogP contribution in [0.5, 0.6) is 5.75 Å². The van der Waals surface area contributed by atoms with Crippen molar-refractivity contribution in [3.63, 3.8) is 0 Å². The van der Waals surface area contributed by atoms with Crippen LogP contribution in [0.4, 0.5) is 0 Å². The van der Waals surface area contributed by atoms with Crippen molar-refractivity contribution < 1.29 is 13.9 Å². The van der Waals surface area contributed by atoms with E-state index in [9.17, 15) is 4.79 Å². The van der Waals surface area contributed by atoms with Crippen molar-refractivity contribution in [2.75, 3.05) is 6.54 Å².